The van der Waals surface area contributed by atoms with Crippen molar-refractivity contribution in [3.05, 3.63) is 54.1 Å². The summed E-state index contributed by atoms with van der Waals surface area (Å²) in [4.78, 5) is 38.4. The van der Waals surface area contributed by atoms with E-state index < -0.39 is 18.0 Å². The third-order valence-corrected chi connectivity index (χ3v) is 4.87. The lowest BCUT2D eigenvalue weighted by atomic mass is 10.0. The largest absolute Gasteiger partial charge is 0.482 e. The molecule has 0 radical (unpaired) electrons. The van der Waals surface area contributed by atoms with Crippen LogP contribution in [0.5, 0.6) is 5.75 Å². The van der Waals surface area contributed by atoms with Crippen molar-refractivity contribution in [2.45, 2.75) is 39.2 Å². The summed E-state index contributed by atoms with van der Waals surface area (Å²) in [6.07, 6.45) is -0.981. The molecule has 0 spiro atoms. The fourth-order valence-corrected chi connectivity index (χ4v) is 3.26. The van der Waals surface area contributed by atoms with Crippen LogP contribution in [0.15, 0.2) is 48.5 Å². The lowest BCUT2D eigenvalue weighted by molar-refractivity contribution is -0.153. The fourth-order valence-electron chi connectivity index (χ4n) is 3.26. The Morgan fingerprint density at radius 1 is 1.10 bits per heavy atom. The fraction of sp³-hybridized carbons (Fsp3) is 0.348. The van der Waals surface area contributed by atoms with Crippen LogP contribution in [0.25, 0.3) is 0 Å². The predicted octanol–water partition coefficient (Wildman–Crippen LogP) is 3.50. The molecule has 2 aromatic carbocycles. The van der Waals surface area contributed by atoms with Gasteiger partial charge in [-0.05, 0) is 36.6 Å². The molecule has 2 amide bonds. The highest BCUT2D eigenvalue weighted by Crippen LogP contribution is 2.31. The molecule has 0 aromatic heterocycles. The van der Waals surface area contributed by atoms with E-state index in [2.05, 4.69) is 5.32 Å². The second-order valence-corrected chi connectivity index (χ2v) is 7.42. The Kier molecular flexibility index (Phi) is 6.72. The van der Waals surface area contributed by atoms with Gasteiger partial charge >= 0.3 is 5.97 Å². The molecule has 1 aliphatic rings. The number of anilines is 2. The number of nitrogens with one attached hydrogen (secondary N) is 1. The van der Waals surface area contributed by atoms with Crippen molar-refractivity contribution in [2.24, 2.45) is 0 Å². The Morgan fingerprint density at radius 3 is 2.57 bits per heavy atom. The summed E-state index contributed by atoms with van der Waals surface area (Å²) in [6, 6.07) is 14.7. The SMILES string of the molecule is CC(C)c1ccccc1NC(=O)[C@@H](C)OC(=O)CCN1C(=O)COc2ccccc21. The molecule has 0 unspecified atom stereocenters. The number of carbonyl (C=O) groups excluding carboxylic acids is 3. The van der Waals surface area contributed by atoms with Gasteiger partial charge in [0, 0.05) is 12.2 Å². The number of benzene rings is 2. The van der Waals surface area contributed by atoms with Crippen LogP contribution in [-0.2, 0) is 19.1 Å². The zero-order valence-corrected chi connectivity index (χ0v) is 17.4. The van der Waals surface area contributed by atoms with Crippen LogP contribution >= 0.6 is 0 Å². The van der Waals surface area contributed by atoms with E-state index in [9.17, 15) is 14.4 Å². The number of fused-ring (bicyclic) bond motifs is 1. The molecule has 0 bridgehead atoms. The molecule has 0 aliphatic carbocycles. The van der Waals surface area contributed by atoms with Gasteiger partial charge in [-0.25, -0.2) is 0 Å². The highest BCUT2D eigenvalue weighted by Gasteiger charge is 2.26. The summed E-state index contributed by atoms with van der Waals surface area (Å²) in [5.41, 5.74) is 2.34. The first kappa shape index (κ1) is 21.4. The van der Waals surface area contributed by atoms with Gasteiger partial charge in [0.25, 0.3) is 11.8 Å². The van der Waals surface area contributed by atoms with Gasteiger partial charge in [0.1, 0.15) is 5.75 Å². The van der Waals surface area contributed by atoms with E-state index in [1.165, 1.54) is 11.8 Å². The van der Waals surface area contributed by atoms with Crippen molar-refractivity contribution in [2.75, 3.05) is 23.4 Å². The predicted molar refractivity (Wildman–Crippen MR) is 114 cm³/mol. The van der Waals surface area contributed by atoms with Crippen molar-refractivity contribution in [3.63, 3.8) is 0 Å². The maximum absolute atomic E-state index is 12.5. The van der Waals surface area contributed by atoms with Gasteiger partial charge in [0.05, 0.1) is 12.1 Å². The monoisotopic (exact) mass is 410 g/mol. The Morgan fingerprint density at radius 2 is 1.80 bits per heavy atom. The summed E-state index contributed by atoms with van der Waals surface area (Å²) in [7, 11) is 0. The minimum Gasteiger partial charge on any atom is -0.482 e. The lowest BCUT2D eigenvalue weighted by Gasteiger charge is -2.29. The summed E-state index contributed by atoms with van der Waals surface area (Å²) < 4.78 is 10.7. The summed E-state index contributed by atoms with van der Waals surface area (Å²) >= 11 is 0. The zero-order chi connectivity index (χ0) is 21.7. The molecule has 7 nitrogen and oxygen atoms in total. The molecular formula is C23H26N2O5. The average Bonchev–Trinajstić information content (AvgIpc) is 2.73. The molecule has 158 valence electrons. The molecule has 0 saturated carbocycles. The Balaban J connectivity index is 1.55. The van der Waals surface area contributed by atoms with Crippen LogP contribution in [0, 0.1) is 0 Å². The Hall–Kier alpha value is -3.35. The van der Waals surface area contributed by atoms with Crippen LogP contribution in [0.1, 0.15) is 38.7 Å². The minimum atomic E-state index is -0.953. The molecule has 1 aliphatic heterocycles. The normalized spacial score (nSPS) is 14.0. The van der Waals surface area contributed by atoms with Crippen molar-refractivity contribution >= 4 is 29.2 Å². The maximum atomic E-state index is 12.5. The molecule has 30 heavy (non-hydrogen) atoms. The van der Waals surface area contributed by atoms with Crippen molar-refractivity contribution < 1.29 is 23.9 Å². The van der Waals surface area contributed by atoms with Crippen molar-refractivity contribution in [1.82, 2.24) is 0 Å². The molecular weight excluding hydrogens is 384 g/mol. The van der Waals surface area contributed by atoms with Gasteiger partial charge in [-0.3, -0.25) is 14.4 Å². The van der Waals surface area contributed by atoms with E-state index in [1.807, 2.05) is 44.2 Å². The number of nitrogens with zero attached hydrogens (tertiary/aromatic N) is 1. The van der Waals surface area contributed by atoms with E-state index >= 15 is 0 Å². The summed E-state index contributed by atoms with van der Waals surface area (Å²) in [5.74, 6) is -0.330. The van der Waals surface area contributed by atoms with Crippen LogP contribution in [0.2, 0.25) is 0 Å². The molecule has 7 heteroatoms. The number of esters is 1. The summed E-state index contributed by atoms with van der Waals surface area (Å²) in [5, 5.41) is 2.83. The van der Waals surface area contributed by atoms with Crippen molar-refractivity contribution in [1.29, 1.82) is 0 Å². The Bertz CT molecular complexity index is 941. The highest BCUT2D eigenvalue weighted by atomic mass is 16.5. The molecule has 0 saturated heterocycles. The Labute approximate surface area is 176 Å². The topological polar surface area (TPSA) is 84.9 Å². The number of para-hydroxylation sites is 3. The van der Waals surface area contributed by atoms with E-state index in [-0.39, 0.29) is 31.4 Å². The number of rotatable bonds is 7. The quantitative estimate of drug-likeness (QED) is 0.706. The lowest BCUT2D eigenvalue weighted by Crippen LogP contribution is -2.40. The zero-order valence-electron chi connectivity index (χ0n) is 17.4. The second kappa shape index (κ2) is 9.43. The number of amides is 2. The van der Waals surface area contributed by atoms with Gasteiger partial charge in [0.15, 0.2) is 12.7 Å². The first-order valence-electron chi connectivity index (χ1n) is 9.98. The number of ether oxygens (including phenoxy) is 2. The van der Waals surface area contributed by atoms with Crippen LogP contribution in [-0.4, -0.2) is 37.0 Å². The third-order valence-electron chi connectivity index (χ3n) is 4.87. The number of hydrogen-bond acceptors (Lipinski definition) is 5. The molecule has 1 N–H and O–H groups in total. The summed E-state index contributed by atoms with van der Waals surface area (Å²) in [6.45, 7) is 5.70. The van der Waals surface area contributed by atoms with Gasteiger partial charge in [0.2, 0.25) is 0 Å². The number of hydrogen-bond donors (Lipinski definition) is 1. The number of carbonyl (C=O) groups is 3. The van der Waals surface area contributed by atoms with E-state index in [1.54, 1.807) is 18.2 Å². The van der Waals surface area contributed by atoms with E-state index in [4.69, 9.17) is 9.47 Å². The second-order valence-electron chi connectivity index (χ2n) is 7.42. The molecule has 3 rings (SSSR count). The van der Waals surface area contributed by atoms with Gasteiger partial charge in [-0.1, -0.05) is 44.2 Å². The van der Waals surface area contributed by atoms with Gasteiger partial charge < -0.3 is 19.7 Å². The van der Waals surface area contributed by atoms with Gasteiger partial charge in [-0.15, -0.1) is 0 Å². The first-order chi connectivity index (χ1) is 14.4. The molecule has 0 fully saturated rings. The average molecular weight is 410 g/mol. The smallest absolute Gasteiger partial charge is 0.308 e. The molecule has 2 aromatic rings. The maximum Gasteiger partial charge on any atom is 0.308 e. The van der Waals surface area contributed by atoms with Gasteiger partial charge in [-0.2, -0.15) is 0 Å². The molecule has 1 heterocycles. The van der Waals surface area contributed by atoms with E-state index in [0.717, 1.165) is 5.56 Å². The van der Waals surface area contributed by atoms with Crippen LogP contribution < -0.4 is 15.0 Å². The van der Waals surface area contributed by atoms with E-state index in [0.29, 0.717) is 17.1 Å². The minimum absolute atomic E-state index is 0.0275. The van der Waals surface area contributed by atoms with Crippen molar-refractivity contribution in [3.8, 4) is 5.75 Å². The molecule has 1 atom stereocenters. The third kappa shape index (κ3) is 4.97. The van der Waals surface area contributed by atoms with Crippen LogP contribution in [0.3, 0.4) is 0 Å². The highest BCUT2D eigenvalue weighted by molar-refractivity contribution is 5.98. The van der Waals surface area contributed by atoms with Crippen LogP contribution in [0.4, 0.5) is 11.4 Å². The first-order valence-corrected chi connectivity index (χ1v) is 9.98. The standard InChI is InChI=1S/C23H26N2O5/c1-15(2)17-8-4-5-9-18(17)24-23(28)16(3)30-22(27)12-13-25-19-10-6-7-11-20(19)29-14-21(25)26/h4-11,15-16H,12-14H2,1-3H3,(H,24,28)/t16-/m1/s1.